The second kappa shape index (κ2) is 6.83. The summed E-state index contributed by atoms with van der Waals surface area (Å²) in [6, 6.07) is -1.48. The molecule has 1 fully saturated rings. The maximum Gasteiger partial charge on any atom is 0.326 e. The van der Waals surface area contributed by atoms with Gasteiger partial charge in [-0.3, -0.25) is 4.79 Å². The monoisotopic (exact) mass is 257 g/mol. The molecule has 0 aliphatic heterocycles. The molecule has 3 amide bonds. The van der Waals surface area contributed by atoms with Gasteiger partial charge in [-0.15, -0.1) is 0 Å². The van der Waals surface area contributed by atoms with E-state index in [0.717, 1.165) is 19.3 Å². The second-order valence-corrected chi connectivity index (χ2v) is 4.33. The molecule has 0 aromatic rings. The van der Waals surface area contributed by atoms with Crippen LogP contribution >= 0.6 is 0 Å². The summed E-state index contributed by atoms with van der Waals surface area (Å²) in [5, 5.41) is 16.2. The van der Waals surface area contributed by atoms with Crippen LogP contribution < -0.4 is 16.0 Å². The minimum Gasteiger partial charge on any atom is -0.480 e. The van der Waals surface area contributed by atoms with E-state index in [-0.39, 0.29) is 18.4 Å². The minimum atomic E-state index is -1.04. The Bertz CT molecular complexity index is 328. The number of carboxylic acid groups (broad SMARTS) is 1. The Morgan fingerprint density at radius 1 is 1.28 bits per heavy atom. The summed E-state index contributed by atoms with van der Waals surface area (Å²) in [7, 11) is 0. The molecular weight excluding hydrogens is 238 g/mol. The fourth-order valence-corrected chi connectivity index (χ4v) is 1.49. The molecular formula is C11H19N3O4. The number of urea groups is 1. The number of carbonyl (C=O) groups is 3. The molecule has 0 spiro atoms. The summed E-state index contributed by atoms with van der Waals surface area (Å²) < 4.78 is 0. The van der Waals surface area contributed by atoms with E-state index in [1.54, 1.807) is 0 Å². The third-order valence-electron chi connectivity index (χ3n) is 2.63. The molecule has 1 aliphatic rings. The summed E-state index contributed by atoms with van der Waals surface area (Å²) in [5.74, 6) is -1.31. The average molecular weight is 257 g/mol. The van der Waals surface area contributed by atoms with Crippen molar-refractivity contribution >= 4 is 17.9 Å². The lowest BCUT2D eigenvalue weighted by Gasteiger charge is -2.14. The zero-order valence-corrected chi connectivity index (χ0v) is 10.4. The number of carbonyl (C=O) groups excluding carboxylic acids is 2. The van der Waals surface area contributed by atoms with Crippen LogP contribution in [-0.4, -0.2) is 42.1 Å². The van der Waals surface area contributed by atoms with Crippen molar-refractivity contribution in [1.29, 1.82) is 0 Å². The van der Waals surface area contributed by atoms with E-state index in [1.165, 1.54) is 0 Å². The van der Waals surface area contributed by atoms with Gasteiger partial charge in [-0.05, 0) is 25.2 Å². The number of rotatable bonds is 7. The van der Waals surface area contributed by atoms with Gasteiger partial charge in [0, 0.05) is 6.54 Å². The molecule has 102 valence electrons. The van der Waals surface area contributed by atoms with Crippen LogP contribution in [0.5, 0.6) is 0 Å². The van der Waals surface area contributed by atoms with Crippen LogP contribution in [0, 0.1) is 5.92 Å². The number of hydrogen-bond acceptors (Lipinski definition) is 3. The van der Waals surface area contributed by atoms with Gasteiger partial charge in [0.25, 0.3) is 0 Å². The summed E-state index contributed by atoms with van der Waals surface area (Å²) in [6.45, 7) is 2.33. The highest BCUT2D eigenvalue weighted by atomic mass is 16.4. The topological polar surface area (TPSA) is 108 Å². The van der Waals surface area contributed by atoms with E-state index in [0.29, 0.717) is 6.54 Å². The average Bonchev–Trinajstić information content (AvgIpc) is 3.14. The highest BCUT2D eigenvalue weighted by Crippen LogP contribution is 2.32. The largest absolute Gasteiger partial charge is 0.480 e. The highest BCUT2D eigenvalue weighted by Gasteiger charge is 2.37. The van der Waals surface area contributed by atoms with Crippen LogP contribution in [-0.2, 0) is 9.59 Å². The molecule has 1 rings (SSSR count). The first kappa shape index (κ1) is 14.3. The lowest BCUT2D eigenvalue weighted by Crippen LogP contribution is -2.49. The molecule has 0 radical (unpaired) electrons. The quantitative estimate of drug-likeness (QED) is 0.501. The van der Waals surface area contributed by atoms with Gasteiger partial charge in [0.2, 0.25) is 5.91 Å². The van der Waals surface area contributed by atoms with Crippen LogP contribution in [0.3, 0.4) is 0 Å². The molecule has 4 N–H and O–H groups in total. The van der Waals surface area contributed by atoms with Crippen LogP contribution in [0.15, 0.2) is 0 Å². The molecule has 1 atom stereocenters. The Morgan fingerprint density at radius 2 is 1.94 bits per heavy atom. The summed E-state index contributed by atoms with van der Waals surface area (Å²) >= 11 is 0. The molecule has 7 nitrogen and oxygen atoms in total. The maximum atomic E-state index is 11.4. The molecule has 0 aromatic heterocycles. The lowest BCUT2D eigenvalue weighted by molar-refractivity contribution is -0.139. The highest BCUT2D eigenvalue weighted by molar-refractivity contribution is 5.86. The van der Waals surface area contributed by atoms with Gasteiger partial charge in [-0.1, -0.05) is 6.92 Å². The standard InChI is InChI=1S/C11H19N3O4/c1-2-5-12-8(15)6-13-11(18)14-9(10(16)17)7-3-4-7/h7,9H,2-6H2,1H3,(H,12,15)(H,16,17)(H2,13,14,18). The minimum absolute atomic E-state index is 0.0159. The van der Waals surface area contributed by atoms with E-state index in [1.807, 2.05) is 6.92 Å². The van der Waals surface area contributed by atoms with E-state index >= 15 is 0 Å². The van der Waals surface area contributed by atoms with Crippen LogP contribution in [0.2, 0.25) is 0 Å². The van der Waals surface area contributed by atoms with Gasteiger partial charge in [0.05, 0.1) is 6.54 Å². The van der Waals surface area contributed by atoms with Crippen LogP contribution in [0.1, 0.15) is 26.2 Å². The lowest BCUT2D eigenvalue weighted by atomic mass is 10.2. The Labute approximate surface area is 105 Å². The van der Waals surface area contributed by atoms with Crippen LogP contribution in [0.4, 0.5) is 4.79 Å². The van der Waals surface area contributed by atoms with Gasteiger partial charge >= 0.3 is 12.0 Å². The molecule has 1 unspecified atom stereocenters. The number of amides is 3. The van der Waals surface area contributed by atoms with Crippen molar-refractivity contribution in [3.63, 3.8) is 0 Å². The first-order chi connectivity index (χ1) is 8.54. The van der Waals surface area contributed by atoms with Crippen molar-refractivity contribution in [1.82, 2.24) is 16.0 Å². The predicted molar refractivity (Wildman–Crippen MR) is 64.0 cm³/mol. The van der Waals surface area contributed by atoms with E-state index in [2.05, 4.69) is 16.0 Å². The first-order valence-electron chi connectivity index (χ1n) is 6.08. The van der Waals surface area contributed by atoms with Crippen molar-refractivity contribution in [2.45, 2.75) is 32.2 Å². The molecule has 0 heterocycles. The molecule has 0 aromatic carbocycles. The Kier molecular flexibility index (Phi) is 5.41. The maximum absolute atomic E-state index is 11.4. The molecule has 0 bridgehead atoms. The Hall–Kier alpha value is -1.79. The molecule has 1 saturated carbocycles. The van der Waals surface area contributed by atoms with Crippen molar-refractivity contribution in [2.75, 3.05) is 13.1 Å². The fourth-order valence-electron chi connectivity index (χ4n) is 1.49. The fraction of sp³-hybridized carbons (Fsp3) is 0.727. The molecule has 7 heteroatoms. The Morgan fingerprint density at radius 3 is 2.44 bits per heavy atom. The third kappa shape index (κ3) is 5.03. The summed E-state index contributed by atoms with van der Waals surface area (Å²) in [5.41, 5.74) is 0. The molecule has 1 aliphatic carbocycles. The van der Waals surface area contributed by atoms with Crippen molar-refractivity contribution < 1.29 is 19.5 Å². The Balaban J connectivity index is 2.23. The zero-order valence-electron chi connectivity index (χ0n) is 10.4. The number of hydrogen-bond donors (Lipinski definition) is 4. The van der Waals surface area contributed by atoms with E-state index in [4.69, 9.17) is 5.11 Å². The molecule has 18 heavy (non-hydrogen) atoms. The van der Waals surface area contributed by atoms with Crippen LogP contribution in [0.25, 0.3) is 0 Å². The molecule has 0 saturated heterocycles. The van der Waals surface area contributed by atoms with E-state index < -0.39 is 18.0 Å². The normalized spacial score (nSPS) is 15.6. The first-order valence-corrected chi connectivity index (χ1v) is 6.08. The van der Waals surface area contributed by atoms with Crippen molar-refractivity contribution in [3.05, 3.63) is 0 Å². The van der Waals surface area contributed by atoms with Gasteiger partial charge in [0.1, 0.15) is 6.04 Å². The summed E-state index contributed by atoms with van der Waals surface area (Å²) in [6.07, 6.45) is 2.45. The third-order valence-corrected chi connectivity index (χ3v) is 2.63. The van der Waals surface area contributed by atoms with Gasteiger partial charge in [0.15, 0.2) is 0 Å². The summed E-state index contributed by atoms with van der Waals surface area (Å²) in [4.78, 5) is 33.5. The van der Waals surface area contributed by atoms with Crippen molar-refractivity contribution in [2.24, 2.45) is 5.92 Å². The van der Waals surface area contributed by atoms with Gasteiger partial charge in [-0.2, -0.15) is 0 Å². The smallest absolute Gasteiger partial charge is 0.326 e. The van der Waals surface area contributed by atoms with Gasteiger partial charge < -0.3 is 21.1 Å². The van der Waals surface area contributed by atoms with Gasteiger partial charge in [-0.25, -0.2) is 9.59 Å². The number of aliphatic carboxylic acids is 1. The second-order valence-electron chi connectivity index (χ2n) is 4.33. The number of carboxylic acids is 1. The zero-order chi connectivity index (χ0) is 13.5. The van der Waals surface area contributed by atoms with Crippen molar-refractivity contribution in [3.8, 4) is 0 Å². The number of nitrogens with one attached hydrogen (secondary N) is 3. The van der Waals surface area contributed by atoms with E-state index in [9.17, 15) is 14.4 Å². The SMILES string of the molecule is CCCNC(=O)CNC(=O)NC(C(=O)O)C1CC1. The predicted octanol–water partition coefficient (Wildman–Crippen LogP) is -0.325.